The fourth-order valence-electron chi connectivity index (χ4n) is 1.81. The Labute approximate surface area is 112 Å². The van der Waals surface area contributed by atoms with Crippen LogP contribution in [0.3, 0.4) is 0 Å². The number of methoxy groups -OCH3 is 1. The predicted octanol–water partition coefficient (Wildman–Crippen LogP) is 3.27. The van der Waals surface area contributed by atoms with Crippen LogP contribution in [0.5, 0.6) is 11.5 Å². The Morgan fingerprint density at radius 1 is 1.44 bits per heavy atom. The topological polar surface area (TPSA) is 35.5 Å². The van der Waals surface area contributed by atoms with Gasteiger partial charge >= 0.3 is 0 Å². The third-order valence-corrected chi connectivity index (χ3v) is 3.18. The molecular weight excluding hydrogens is 252 g/mol. The lowest BCUT2D eigenvalue weighted by Gasteiger charge is -2.13. The van der Waals surface area contributed by atoms with Crippen LogP contribution in [0.2, 0.25) is 5.02 Å². The largest absolute Gasteiger partial charge is 0.491 e. The van der Waals surface area contributed by atoms with Gasteiger partial charge in [0.25, 0.3) is 0 Å². The lowest BCUT2D eigenvalue weighted by atomic mass is 10.1. The summed E-state index contributed by atoms with van der Waals surface area (Å²) in [6.45, 7) is 2.25. The van der Waals surface area contributed by atoms with E-state index < -0.39 is 0 Å². The molecule has 98 valence electrons. The molecule has 0 unspecified atom stereocenters. The first-order chi connectivity index (χ1) is 8.60. The number of halogens is 1. The highest BCUT2D eigenvalue weighted by molar-refractivity contribution is 6.32. The molecule has 3 nitrogen and oxygen atoms in total. The number of rotatable bonds is 6. The third kappa shape index (κ3) is 3.39. The van der Waals surface area contributed by atoms with Crippen molar-refractivity contribution < 1.29 is 14.3 Å². The quantitative estimate of drug-likeness (QED) is 0.794. The minimum Gasteiger partial charge on any atom is -0.491 e. The van der Waals surface area contributed by atoms with E-state index in [1.165, 1.54) is 12.8 Å². The van der Waals surface area contributed by atoms with Gasteiger partial charge in [-0.25, -0.2) is 0 Å². The molecule has 0 heterocycles. The molecule has 1 aliphatic rings. The van der Waals surface area contributed by atoms with E-state index in [9.17, 15) is 4.79 Å². The van der Waals surface area contributed by atoms with Crippen LogP contribution < -0.4 is 9.47 Å². The number of ketones is 1. The van der Waals surface area contributed by atoms with Crippen molar-refractivity contribution in [3.63, 3.8) is 0 Å². The molecule has 2 rings (SSSR count). The SMILES string of the molecule is COc1c(Cl)cc(CC(C)=O)cc1OCC1CC1. The number of carbonyl (C=O) groups is 1. The fraction of sp³-hybridized carbons (Fsp3) is 0.500. The van der Waals surface area contributed by atoms with E-state index >= 15 is 0 Å². The lowest BCUT2D eigenvalue weighted by molar-refractivity contribution is -0.116. The number of benzene rings is 1. The van der Waals surface area contributed by atoms with Crippen LogP contribution in [0.4, 0.5) is 0 Å². The van der Waals surface area contributed by atoms with Crippen LogP contribution in [0.1, 0.15) is 25.3 Å². The van der Waals surface area contributed by atoms with Gasteiger partial charge in [0, 0.05) is 6.42 Å². The fourth-order valence-corrected chi connectivity index (χ4v) is 2.12. The second-order valence-corrected chi connectivity index (χ2v) is 5.15. The van der Waals surface area contributed by atoms with E-state index in [2.05, 4.69) is 0 Å². The van der Waals surface area contributed by atoms with Gasteiger partial charge in [-0.15, -0.1) is 0 Å². The number of hydrogen-bond donors (Lipinski definition) is 0. The van der Waals surface area contributed by atoms with Gasteiger partial charge in [-0.2, -0.15) is 0 Å². The van der Waals surface area contributed by atoms with E-state index in [0.717, 1.165) is 5.56 Å². The van der Waals surface area contributed by atoms with Crippen molar-refractivity contribution in [1.82, 2.24) is 0 Å². The number of Topliss-reactive ketones (excluding diaryl/α,β-unsaturated/α-hetero) is 1. The molecule has 1 aliphatic carbocycles. The molecule has 1 aromatic carbocycles. The Morgan fingerprint density at radius 2 is 2.17 bits per heavy atom. The average Bonchev–Trinajstić information content (AvgIpc) is 3.08. The first kappa shape index (κ1) is 13.2. The maximum atomic E-state index is 11.2. The summed E-state index contributed by atoms with van der Waals surface area (Å²) >= 11 is 6.13. The Bertz CT molecular complexity index is 453. The molecule has 0 saturated heterocycles. The molecule has 4 heteroatoms. The van der Waals surface area contributed by atoms with Crippen LogP contribution in [-0.4, -0.2) is 19.5 Å². The summed E-state index contributed by atoms with van der Waals surface area (Å²) in [5.41, 5.74) is 0.860. The first-order valence-corrected chi connectivity index (χ1v) is 6.46. The molecule has 0 N–H and O–H groups in total. The van der Waals surface area contributed by atoms with Crippen molar-refractivity contribution in [2.75, 3.05) is 13.7 Å². The summed E-state index contributed by atoms with van der Waals surface area (Å²) in [6, 6.07) is 3.60. The standard InChI is InChI=1S/C14H17ClO3/c1-9(16)5-11-6-12(15)14(17-2)13(7-11)18-8-10-3-4-10/h6-7,10H,3-5,8H2,1-2H3. The summed E-state index contributed by atoms with van der Waals surface area (Å²) in [4.78, 5) is 11.2. The average molecular weight is 269 g/mol. The summed E-state index contributed by atoms with van der Waals surface area (Å²) in [5, 5.41) is 0.488. The molecule has 1 aromatic rings. The van der Waals surface area contributed by atoms with Crippen LogP contribution in [0.15, 0.2) is 12.1 Å². The molecule has 0 atom stereocenters. The van der Waals surface area contributed by atoms with Gasteiger partial charge in [-0.1, -0.05) is 11.6 Å². The van der Waals surface area contributed by atoms with Crippen LogP contribution in [0.25, 0.3) is 0 Å². The normalized spacial score (nSPS) is 14.4. The molecule has 1 saturated carbocycles. The van der Waals surface area contributed by atoms with Gasteiger partial charge in [0.1, 0.15) is 5.78 Å². The molecule has 0 aliphatic heterocycles. The van der Waals surface area contributed by atoms with Crippen molar-refractivity contribution in [2.24, 2.45) is 5.92 Å². The van der Waals surface area contributed by atoms with Crippen molar-refractivity contribution in [1.29, 1.82) is 0 Å². The zero-order valence-corrected chi connectivity index (χ0v) is 11.4. The van der Waals surface area contributed by atoms with Gasteiger partial charge in [0.05, 0.1) is 18.7 Å². The van der Waals surface area contributed by atoms with Gasteiger partial charge < -0.3 is 9.47 Å². The lowest BCUT2D eigenvalue weighted by Crippen LogP contribution is -2.03. The van der Waals surface area contributed by atoms with Gasteiger partial charge in [-0.3, -0.25) is 4.79 Å². The third-order valence-electron chi connectivity index (χ3n) is 2.90. The molecule has 1 fully saturated rings. The number of carbonyl (C=O) groups excluding carboxylic acids is 1. The molecule has 0 bridgehead atoms. The Morgan fingerprint density at radius 3 is 2.72 bits per heavy atom. The smallest absolute Gasteiger partial charge is 0.179 e. The van der Waals surface area contributed by atoms with Crippen LogP contribution in [-0.2, 0) is 11.2 Å². The molecule has 18 heavy (non-hydrogen) atoms. The molecule has 0 aromatic heterocycles. The number of hydrogen-bond acceptors (Lipinski definition) is 3. The second-order valence-electron chi connectivity index (χ2n) is 4.74. The van der Waals surface area contributed by atoms with Crippen molar-refractivity contribution >= 4 is 17.4 Å². The van der Waals surface area contributed by atoms with Crippen LogP contribution >= 0.6 is 11.6 Å². The Hall–Kier alpha value is -1.22. The van der Waals surface area contributed by atoms with E-state index in [-0.39, 0.29) is 5.78 Å². The Balaban J connectivity index is 2.20. The van der Waals surface area contributed by atoms with Crippen molar-refractivity contribution in [3.8, 4) is 11.5 Å². The zero-order valence-electron chi connectivity index (χ0n) is 10.7. The van der Waals surface area contributed by atoms with Gasteiger partial charge in [-0.05, 0) is 43.4 Å². The molecule has 0 spiro atoms. The summed E-state index contributed by atoms with van der Waals surface area (Å²) < 4.78 is 11.0. The van der Waals surface area contributed by atoms with E-state index in [0.29, 0.717) is 35.5 Å². The maximum absolute atomic E-state index is 11.2. The summed E-state index contributed by atoms with van der Waals surface area (Å²) in [6.07, 6.45) is 2.82. The zero-order chi connectivity index (χ0) is 13.1. The first-order valence-electron chi connectivity index (χ1n) is 6.08. The molecule has 0 radical (unpaired) electrons. The molecule has 0 amide bonds. The van der Waals surface area contributed by atoms with Crippen molar-refractivity contribution in [3.05, 3.63) is 22.7 Å². The second kappa shape index (κ2) is 5.61. The van der Waals surface area contributed by atoms with Crippen LogP contribution in [0, 0.1) is 5.92 Å². The van der Waals surface area contributed by atoms with Gasteiger partial charge in [0.2, 0.25) is 0 Å². The minimum atomic E-state index is 0.101. The predicted molar refractivity (Wildman–Crippen MR) is 70.6 cm³/mol. The summed E-state index contributed by atoms with van der Waals surface area (Å²) in [7, 11) is 1.57. The van der Waals surface area contributed by atoms with E-state index in [1.807, 2.05) is 6.07 Å². The van der Waals surface area contributed by atoms with E-state index in [1.54, 1.807) is 20.1 Å². The minimum absolute atomic E-state index is 0.101. The Kier molecular flexibility index (Phi) is 4.12. The summed E-state index contributed by atoms with van der Waals surface area (Å²) in [5.74, 6) is 1.94. The van der Waals surface area contributed by atoms with Gasteiger partial charge in [0.15, 0.2) is 11.5 Å². The molecular formula is C14H17ClO3. The number of ether oxygens (including phenoxy) is 2. The highest BCUT2D eigenvalue weighted by Gasteiger charge is 2.23. The highest BCUT2D eigenvalue weighted by atomic mass is 35.5. The van der Waals surface area contributed by atoms with Crippen molar-refractivity contribution in [2.45, 2.75) is 26.2 Å². The maximum Gasteiger partial charge on any atom is 0.179 e. The highest BCUT2D eigenvalue weighted by Crippen LogP contribution is 2.38. The van der Waals surface area contributed by atoms with E-state index in [4.69, 9.17) is 21.1 Å². The monoisotopic (exact) mass is 268 g/mol.